The molecule has 0 amide bonds. The van der Waals surface area contributed by atoms with E-state index in [1.165, 1.54) is 85.9 Å². The molecule has 0 aliphatic rings. The van der Waals surface area contributed by atoms with Crippen molar-refractivity contribution >= 4 is 137 Å². The van der Waals surface area contributed by atoms with E-state index in [9.17, 15) is 38.4 Å². The summed E-state index contributed by atoms with van der Waals surface area (Å²) in [4.78, 5) is 0. The summed E-state index contributed by atoms with van der Waals surface area (Å²) in [5, 5.41) is 15.1. The number of benzene rings is 19. The van der Waals surface area contributed by atoms with E-state index in [2.05, 4.69) is 413 Å². The van der Waals surface area contributed by atoms with Crippen LogP contribution in [0.1, 0.15) is 11.1 Å². The van der Waals surface area contributed by atoms with Crippen molar-refractivity contribution in [3.05, 3.63) is 587 Å². The van der Waals surface area contributed by atoms with Gasteiger partial charge in [-0.05, 0) is 95.1 Å². The summed E-state index contributed by atoms with van der Waals surface area (Å²) in [6.07, 6.45) is 13.9. The Labute approximate surface area is 854 Å². The van der Waals surface area contributed by atoms with Gasteiger partial charge in [-0.1, -0.05) is 449 Å². The van der Waals surface area contributed by atoms with Gasteiger partial charge in [0.2, 0.25) is 0 Å². The third kappa shape index (κ3) is 32.3. The molecule has 0 aromatic heterocycles. The van der Waals surface area contributed by atoms with Gasteiger partial charge in [0.05, 0.1) is 48.4 Å². The maximum atomic E-state index is 14.0. The van der Waals surface area contributed by atoms with Crippen LogP contribution in [0.3, 0.4) is 0 Å². The maximum absolute atomic E-state index is 14.0. The second-order valence-corrected chi connectivity index (χ2v) is 45.5. The molecule has 0 heterocycles. The fraction of sp³-hybridized carbons (Fsp3) is 0. The Morgan fingerprint density at radius 3 is 0.400 bits per heavy atom. The Morgan fingerprint density at radius 2 is 0.279 bits per heavy atom. The number of nitrogens with zero attached hydrogens (tertiary/aromatic N) is 3. The first kappa shape index (κ1) is 108. The third-order valence-electron chi connectivity index (χ3n) is 20.6. The van der Waals surface area contributed by atoms with Gasteiger partial charge in [-0.25, -0.2) is 13.2 Å². The van der Waals surface area contributed by atoms with E-state index < -0.39 is 56.2 Å². The number of anilines is 3. The second kappa shape index (κ2) is 53.3. The van der Waals surface area contributed by atoms with Crippen molar-refractivity contribution in [1.82, 2.24) is 0 Å². The zero-order chi connectivity index (χ0) is 95.5. The molecule has 0 radical (unpaired) electrons. The summed E-state index contributed by atoms with van der Waals surface area (Å²) < 4.78 is 109. The van der Waals surface area contributed by atoms with Crippen LogP contribution in [0.4, 0.5) is 55.4 Å². The summed E-state index contributed by atoms with van der Waals surface area (Å²) >= 11 is 0. The first-order valence-corrected chi connectivity index (χ1v) is 53.3. The molecule has 0 N–H and O–H groups in total. The van der Waals surface area contributed by atoms with Gasteiger partial charge in [-0.2, -0.15) is 0 Å². The van der Waals surface area contributed by atoms with E-state index in [4.69, 9.17) is 12.8 Å². The van der Waals surface area contributed by atoms with Crippen LogP contribution < -0.4 is 77.0 Å². The van der Waals surface area contributed by atoms with E-state index in [0.717, 1.165) is 28.2 Å². The largest absolute Gasteiger partial charge is 1.00 e. The summed E-state index contributed by atoms with van der Waals surface area (Å²) in [7, 11) is -16.3. The molecule has 0 aliphatic heterocycles. The minimum Gasteiger partial charge on any atom is -0.366 e. The van der Waals surface area contributed by atoms with Crippen molar-refractivity contribution in [3.63, 3.8) is 0 Å². The molecule has 0 saturated heterocycles. The average Bonchev–Trinajstić information content (AvgIpc) is 0.770. The van der Waals surface area contributed by atoms with Gasteiger partial charge in [0.25, 0.3) is 0 Å². The van der Waals surface area contributed by atoms with Gasteiger partial charge in [0.15, 0.2) is 0 Å². The van der Waals surface area contributed by atoms with E-state index in [1.54, 1.807) is 36.4 Å². The summed E-state index contributed by atoms with van der Waals surface area (Å²) in [5.74, 6) is 4.03. The summed E-state index contributed by atoms with van der Waals surface area (Å²) in [6.45, 7) is 0. The molecule has 708 valence electrons. The average molecular weight is 2130 g/mol. The van der Waals surface area contributed by atoms with Crippen molar-refractivity contribution in [2.45, 2.75) is 0 Å². The van der Waals surface area contributed by atoms with Crippen LogP contribution in [0.2, 0.25) is 0 Å². The Balaban J connectivity index is 0.000000170. The van der Waals surface area contributed by atoms with Gasteiger partial charge in [-0.15, -0.1) is 35.4 Å². The van der Waals surface area contributed by atoms with Gasteiger partial charge >= 0.3 is 84.2 Å². The molecule has 0 fully saturated rings. The first-order chi connectivity index (χ1) is 66.7. The minimum atomic E-state index is -10.7. The van der Waals surface area contributed by atoms with Crippen LogP contribution in [0, 0.1) is 42.1 Å². The molecule has 19 aromatic carbocycles. The SMILES string of the molecule is F[P-](F)(F)(F)(F)F.Fc1ccc(N(P(c2ccccc2)c2ccccc2)P(c2ccccc2)c2ccccc2)cc1.Fc1ccc(N(P(c2ccccc2)c2ccccc2)P(c2ccccc2)c2ccccc2)cc1.Fc1ccc(N(P(c2ccccc2)c2ccccc2)P(c2ccccc2)c2ccccc2)cc1.[C-]#Cc1ccc(-c2ccccc2)cc1.[C-]#Cc1ccc(-c2ccccc2)cc1.[Cu+].[Cu+].[Cu+]. The summed E-state index contributed by atoms with van der Waals surface area (Å²) in [5.41, 5.74) is 9.40. The fourth-order valence-corrected chi connectivity index (χ4v) is 32.4. The smallest absolute Gasteiger partial charge is 0.366 e. The number of rotatable bonds is 23. The van der Waals surface area contributed by atoms with Crippen LogP contribution >= 0.6 is 56.2 Å². The van der Waals surface area contributed by atoms with Gasteiger partial charge in [0, 0.05) is 80.7 Å². The zero-order valence-electron chi connectivity index (χ0n) is 74.7. The Hall–Kier alpha value is -12.4. The topological polar surface area (TPSA) is 9.72 Å². The zero-order valence-corrected chi connectivity index (χ0v) is 83.8. The van der Waals surface area contributed by atoms with Crippen LogP contribution in [0.25, 0.3) is 22.3 Å². The van der Waals surface area contributed by atoms with Crippen LogP contribution in [0.5, 0.6) is 0 Å². The van der Waals surface area contributed by atoms with Gasteiger partial charge < -0.3 is 26.2 Å². The Kier molecular flexibility index (Phi) is 41.1. The molecule has 19 aromatic rings. The van der Waals surface area contributed by atoms with E-state index in [0.29, 0.717) is 0 Å². The van der Waals surface area contributed by atoms with Crippen LogP contribution in [0.15, 0.2) is 546 Å². The number of hydrogen-bond donors (Lipinski definition) is 0. The standard InChI is InChI=1S/3C30H24FNP2.2C14H9.3Cu.F6P/c3*31-25-21-23-26(24-22-25)32(33(27-13-5-1-6-14-27)28-15-7-2-8-16-28)34(29-17-9-3-10-18-29)30-19-11-4-12-20-30;2*1-2-12-8-10-14(11-9-12)13-6-4-3-5-7-13;;;;1-7(2,3,4,5)6/h3*1-24H;2*3-11H;;;;/q;;;2*-1;3*+1;-1. The minimum absolute atomic E-state index is 0. The van der Waals surface area contributed by atoms with E-state index in [-0.39, 0.29) is 68.7 Å². The fourth-order valence-electron chi connectivity index (χ4n) is 14.5. The molecular weight excluding hydrogens is 2040 g/mol. The Bertz CT molecular complexity index is 5830. The molecule has 0 unspecified atom stereocenters. The van der Waals surface area contributed by atoms with Crippen LogP contribution in [-0.2, 0) is 51.2 Å². The molecule has 140 heavy (non-hydrogen) atoms. The van der Waals surface area contributed by atoms with E-state index >= 15 is 0 Å². The molecule has 0 spiro atoms. The van der Waals surface area contributed by atoms with Crippen molar-refractivity contribution in [2.75, 3.05) is 13.3 Å². The maximum Gasteiger partial charge on any atom is 1.00 e. The molecule has 22 heteroatoms. The molecule has 19 rings (SSSR count). The Morgan fingerprint density at radius 1 is 0.164 bits per heavy atom. The first-order valence-electron chi connectivity index (χ1n) is 43.5. The number of hydrogen-bond acceptors (Lipinski definition) is 3. The normalized spacial score (nSPS) is 11.1. The van der Waals surface area contributed by atoms with Gasteiger partial charge in [0.1, 0.15) is 17.5 Å². The molecule has 0 bridgehead atoms. The van der Waals surface area contributed by atoms with Crippen LogP contribution in [-0.4, -0.2) is 0 Å². The molecule has 3 nitrogen and oxygen atoms in total. The van der Waals surface area contributed by atoms with Crippen molar-refractivity contribution in [3.8, 4) is 34.1 Å². The molecule has 0 atom stereocenters. The monoisotopic (exact) mass is 2130 g/mol. The quantitative estimate of drug-likeness (QED) is 0.0208. The number of halogens is 9. The summed E-state index contributed by atoms with van der Waals surface area (Å²) in [6, 6.07) is 185. The van der Waals surface area contributed by atoms with Crippen molar-refractivity contribution in [1.29, 1.82) is 0 Å². The molecule has 0 saturated carbocycles. The van der Waals surface area contributed by atoms with Crippen molar-refractivity contribution < 1.29 is 89.6 Å². The molecular formula is C118H90Cu3F9N3P7. The predicted octanol–water partition coefficient (Wildman–Crippen LogP) is 30.1. The van der Waals surface area contributed by atoms with Gasteiger partial charge in [-0.3, -0.25) is 11.8 Å². The molecule has 0 aliphatic carbocycles. The van der Waals surface area contributed by atoms with Crippen molar-refractivity contribution in [2.24, 2.45) is 0 Å². The predicted molar refractivity (Wildman–Crippen MR) is 571 cm³/mol. The van der Waals surface area contributed by atoms with E-state index in [1.807, 2.05) is 121 Å². The third-order valence-corrected chi connectivity index (χ3v) is 36.9. The second-order valence-electron chi connectivity index (χ2n) is 30.3.